The third-order valence-electron chi connectivity index (χ3n) is 4.06. The van der Waals surface area contributed by atoms with Gasteiger partial charge < -0.3 is 25.1 Å². The summed E-state index contributed by atoms with van der Waals surface area (Å²) in [7, 11) is 4.70. The zero-order valence-electron chi connectivity index (χ0n) is 13.8. The average Bonchev–Trinajstić information content (AvgIpc) is 2.61. The van der Waals surface area contributed by atoms with Crippen molar-refractivity contribution in [3.8, 4) is 34.1 Å². The highest BCUT2D eigenvalue weighted by atomic mass is 16.5. The van der Waals surface area contributed by atoms with Gasteiger partial charge in [-0.2, -0.15) is 0 Å². The van der Waals surface area contributed by atoms with E-state index < -0.39 is 0 Å². The summed E-state index contributed by atoms with van der Waals surface area (Å²) >= 11 is 0. The van der Waals surface area contributed by atoms with Crippen molar-refractivity contribution in [3.05, 3.63) is 42.5 Å². The molecule has 0 unspecified atom stereocenters. The fourth-order valence-electron chi connectivity index (χ4n) is 2.78. The Morgan fingerprint density at radius 1 is 0.792 bits per heavy atom. The molecule has 0 aliphatic carbocycles. The lowest BCUT2D eigenvalue weighted by molar-refractivity contribution is 0.355. The molecule has 124 valence electrons. The topological polar surface area (TPSA) is 73.9 Å². The average molecular weight is 325 g/mol. The summed E-state index contributed by atoms with van der Waals surface area (Å²) in [4.78, 5) is 0. The zero-order chi connectivity index (χ0) is 17.3. The van der Waals surface area contributed by atoms with Gasteiger partial charge in [-0.3, -0.25) is 0 Å². The van der Waals surface area contributed by atoms with Gasteiger partial charge in [-0.15, -0.1) is 0 Å². The van der Waals surface area contributed by atoms with E-state index in [0.717, 1.165) is 21.9 Å². The summed E-state index contributed by atoms with van der Waals surface area (Å²) in [6.07, 6.45) is 0. The van der Waals surface area contributed by atoms with Crippen LogP contribution in [0.1, 0.15) is 0 Å². The quantitative estimate of drug-likeness (QED) is 0.713. The van der Waals surface area contributed by atoms with Gasteiger partial charge in [-0.1, -0.05) is 18.2 Å². The molecule has 0 amide bonds. The molecule has 3 aromatic rings. The summed E-state index contributed by atoms with van der Waals surface area (Å²) in [5.74, 6) is 1.77. The minimum absolute atomic E-state index is 0.0864. The Morgan fingerprint density at radius 2 is 1.50 bits per heavy atom. The number of aromatic hydroxyl groups is 1. The number of anilines is 1. The lowest BCUT2D eigenvalue weighted by Crippen LogP contribution is -1.95. The molecule has 0 aromatic heterocycles. The lowest BCUT2D eigenvalue weighted by Gasteiger charge is -2.14. The second kappa shape index (κ2) is 6.20. The summed E-state index contributed by atoms with van der Waals surface area (Å²) in [6, 6.07) is 12.9. The number of methoxy groups -OCH3 is 3. The number of benzene rings is 3. The van der Waals surface area contributed by atoms with Crippen molar-refractivity contribution in [2.24, 2.45) is 0 Å². The molecule has 5 nitrogen and oxygen atoms in total. The minimum Gasteiger partial charge on any atom is -0.504 e. The van der Waals surface area contributed by atoms with Crippen molar-refractivity contribution in [3.63, 3.8) is 0 Å². The van der Waals surface area contributed by atoms with Crippen LogP contribution < -0.4 is 19.9 Å². The van der Waals surface area contributed by atoms with Gasteiger partial charge >= 0.3 is 0 Å². The van der Waals surface area contributed by atoms with Gasteiger partial charge in [-0.25, -0.2) is 0 Å². The predicted molar refractivity (Wildman–Crippen MR) is 95.1 cm³/mol. The first-order valence-corrected chi connectivity index (χ1v) is 7.40. The number of ether oxygens (including phenoxy) is 3. The third kappa shape index (κ3) is 2.54. The molecule has 0 atom stereocenters. The molecule has 3 N–H and O–H groups in total. The number of phenolic OH excluding ortho intramolecular Hbond substituents is 1. The van der Waals surface area contributed by atoms with Crippen molar-refractivity contribution in [2.45, 2.75) is 0 Å². The number of hydrogen-bond donors (Lipinski definition) is 2. The third-order valence-corrected chi connectivity index (χ3v) is 4.06. The smallest absolute Gasteiger partial charge is 0.161 e. The lowest BCUT2D eigenvalue weighted by atomic mass is 9.98. The van der Waals surface area contributed by atoms with Crippen LogP contribution in [0.4, 0.5) is 5.69 Å². The Hall–Kier alpha value is -3.08. The van der Waals surface area contributed by atoms with Gasteiger partial charge in [0, 0.05) is 16.6 Å². The Labute approximate surface area is 140 Å². The number of nitrogens with two attached hydrogens (primary N) is 1. The Morgan fingerprint density at radius 3 is 2.17 bits per heavy atom. The Bertz CT molecular complexity index is 905. The van der Waals surface area contributed by atoms with Crippen LogP contribution in [0.3, 0.4) is 0 Å². The molecule has 0 fully saturated rings. The van der Waals surface area contributed by atoms with Crippen LogP contribution in [0.15, 0.2) is 42.5 Å². The van der Waals surface area contributed by atoms with Gasteiger partial charge in [0.05, 0.1) is 21.3 Å². The number of hydrogen-bond acceptors (Lipinski definition) is 5. The molecule has 0 saturated heterocycles. The summed E-state index contributed by atoms with van der Waals surface area (Å²) in [6.45, 7) is 0. The summed E-state index contributed by atoms with van der Waals surface area (Å²) < 4.78 is 15.8. The zero-order valence-corrected chi connectivity index (χ0v) is 13.8. The van der Waals surface area contributed by atoms with Crippen LogP contribution in [0.25, 0.3) is 21.9 Å². The van der Waals surface area contributed by atoms with E-state index in [0.29, 0.717) is 22.9 Å². The van der Waals surface area contributed by atoms with E-state index in [-0.39, 0.29) is 5.75 Å². The molecular formula is C19H19NO4. The van der Waals surface area contributed by atoms with Crippen molar-refractivity contribution >= 4 is 16.5 Å². The van der Waals surface area contributed by atoms with E-state index in [9.17, 15) is 5.11 Å². The van der Waals surface area contributed by atoms with Crippen LogP contribution >= 0.6 is 0 Å². The standard InChI is InChI=1S/C19H19NO4/c1-22-16-7-5-12(9-18(16)24-3)13-6-4-11-8-15(21)17(23-2)10-14(11)19(13)20/h4-10,21H,20H2,1-3H3. The first-order valence-electron chi connectivity index (χ1n) is 7.40. The largest absolute Gasteiger partial charge is 0.504 e. The van der Waals surface area contributed by atoms with E-state index in [1.165, 1.54) is 7.11 Å². The van der Waals surface area contributed by atoms with E-state index in [1.807, 2.05) is 30.3 Å². The maximum atomic E-state index is 9.92. The fourth-order valence-corrected chi connectivity index (χ4v) is 2.78. The molecule has 0 aliphatic heterocycles. The molecule has 5 heteroatoms. The van der Waals surface area contributed by atoms with Crippen LogP contribution in [0, 0.1) is 0 Å². The maximum absolute atomic E-state index is 9.92. The Balaban J connectivity index is 2.20. The van der Waals surface area contributed by atoms with E-state index in [1.54, 1.807) is 26.4 Å². The second-order valence-corrected chi connectivity index (χ2v) is 5.34. The summed E-state index contributed by atoms with van der Waals surface area (Å²) in [5.41, 5.74) is 8.77. The molecule has 3 rings (SSSR count). The van der Waals surface area contributed by atoms with Crippen LogP contribution in [0.2, 0.25) is 0 Å². The van der Waals surface area contributed by atoms with Gasteiger partial charge in [-0.05, 0) is 35.2 Å². The maximum Gasteiger partial charge on any atom is 0.161 e. The predicted octanol–water partition coefficient (Wildman–Crippen LogP) is 3.82. The fraction of sp³-hybridized carbons (Fsp3) is 0.158. The van der Waals surface area contributed by atoms with Gasteiger partial charge in [0.1, 0.15) is 0 Å². The molecule has 0 spiro atoms. The first kappa shape index (κ1) is 15.8. The van der Waals surface area contributed by atoms with Gasteiger partial charge in [0.15, 0.2) is 23.0 Å². The molecular weight excluding hydrogens is 306 g/mol. The normalized spacial score (nSPS) is 10.6. The molecule has 0 saturated carbocycles. The highest BCUT2D eigenvalue weighted by Gasteiger charge is 2.13. The second-order valence-electron chi connectivity index (χ2n) is 5.34. The number of fused-ring (bicyclic) bond motifs is 1. The SMILES string of the molecule is COc1cc2c(N)c(-c3ccc(OC)c(OC)c3)ccc2cc1O. The number of phenols is 1. The Kier molecular flexibility index (Phi) is 4.08. The highest BCUT2D eigenvalue weighted by Crippen LogP contribution is 2.40. The van der Waals surface area contributed by atoms with E-state index in [2.05, 4.69) is 0 Å². The van der Waals surface area contributed by atoms with Crippen molar-refractivity contribution in [2.75, 3.05) is 27.1 Å². The van der Waals surface area contributed by atoms with Crippen molar-refractivity contribution in [1.82, 2.24) is 0 Å². The number of nitrogen functional groups attached to an aromatic ring is 1. The molecule has 0 radical (unpaired) electrons. The number of rotatable bonds is 4. The van der Waals surface area contributed by atoms with Gasteiger partial charge in [0.2, 0.25) is 0 Å². The molecule has 0 heterocycles. The summed E-state index contributed by atoms with van der Waals surface area (Å²) in [5, 5.41) is 11.6. The first-order chi connectivity index (χ1) is 11.6. The van der Waals surface area contributed by atoms with Crippen LogP contribution in [-0.2, 0) is 0 Å². The van der Waals surface area contributed by atoms with E-state index >= 15 is 0 Å². The minimum atomic E-state index is 0.0864. The van der Waals surface area contributed by atoms with Crippen LogP contribution in [0.5, 0.6) is 23.0 Å². The van der Waals surface area contributed by atoms with Gasteiger partial charge in [0.25, 0.3) is 0 Å². The molecule has 3 aromatic carbocycles. The van der Waals surface area contributed by atoms with Crippen molar-refractivity contribution < 1.29 is 19.3 Å². The molecule has 0 aliphatic rings. The molecule has 0 bridgehead atoms. The van der Waals surface area contributed by atoms with Crippen molar-refractivity contribution in [1.29, 1.82) is 0 Å². The molecule has 24 heavy (non-hydrogen) atoms. The highest BCUT2D eigenvalue weighted by molar-refractivity contribution is 6.02. The van der Waals surface area contributed by atoms with Crippen LogP contribution in [-0.4, -0.2) is 26.4 Å². The van der Waals surface area contributed by atoms with E-state index in [4.69, 9.17) is 19.9 Å². The monoisotopic (exact) mass is 325 g/mol.